The summed E-state index contributed by atoms with van der Waals surface area (Å²) in [5.41, 5.74) is 0.912. The van der Waals surface area contributed by atoms with E-state index in [2.05, 4.69) is 26.8 Å². The standard InChI is InChI=1S/C21H22N6O4S/c1-2-24-9-11-25(12-10-24)17(14-5-7-15(8-6-14)27(29)30)18-20(28)26-21(32-18)22-19(23-26)16-4-3-13-31-16/h3-8,13,17-18H,2,9-12H2,1H3. The average Bonchev–Trinajstić information content (AvgIpc) is 3.54. The number of furan rings is 1. The summed E-state index contributed by atoms with van der Waals surface area (Å²) in [7, 11) is 0. The van der Waals surface area contributed by atoms with E-state index in [9.17, 15) is 14.9 Å². The maximum absolute atomic E-state index is 13.4. The molecule has 10 nitrogen and oxygen atoms in total. The van der Waals surface area contributed by atoms with Gasteiger partial charge in [0.05, 0.1) is 17.2 Å². The van der Waals surface area contributed by atoms with Gasteiger partial charge >= 0.3 is 0 Å². The highest BCUT2D eigenvalue weighted by atomic mass is 32.2. The molecule has 1 aromatic carbocycles. The highest BCUT2D eigenvalue weighted by Gasteiger charge is 2.44. The van der Waals surface area contributed by atoms with Crippen LogP contribution in [0.5, 0.6) is 0 Å². The van der Waals surface area contributed by atoms with Crippen molar-refractivity contribution in [3.8, 4) is 11.6 Å². The molecule has 0 N–H and O–H groups in total. The van der Waals surface area contributed by atoms with Gasteiger partial charge in [-0.25, -0.2) is 0 Å². The van der Waals surface area contributed by atoms with Crippen LogP contribution in [0.3, 0.4) is 0 Å². The lowest BCUT2D eigenvalue weighted by molar-refractivity contribution is -0.384. The van der Waals surface area contributed by atoms with Gasteiger partial charge < -0.3 is 9.32 Å². The molecular weight excluding hydrogens is 432 g/mol. The predicted molar refractivity (Wildman–Crippen MR) is 118 cm³/mol. The molecule has 1 saturated heterocycles. The highest BCUT2D eigenvalue weighted by Crippen LogP contribution is 2.42. The minimum absolute atomic E-state index is 0.0337. The van der Waals surface area contributed by atoms with Crippen LogP contribution in [-0.2, 0) is 0 Å². The van der Waals surface area contributed by atoms with Gasteiger partial charge in [-0.3, -0.25) is 19.8 Å². The second-order valence-corrected chi connectivity index (χ2v) is 8.86. The number of nitro groups is 1. The third kappa shape index (κ3) is 3.72. The number of nitro benzene ring substituents is 1. The van der Waals surface area contributed by atoms with E-state index in [4.69, 9.17) is 4.42 Å². The van der Waals surface area contributed by atoms with Gasteiger partial charge in [0.2, 0.25) is 5.82 Å². The third-order valence-electron chi connectivity index (χ3n) is 5.98. The number of nitrogens with zero attached hydrogens (tertiary/aromatic N) is 6. The van der Waals surface area contributed by atoms with Gasteiger partial charge in [0.1, 0.15) is 5.25 Å². The van der Waals surface area contributed by atoms with Gasteiger partial charge in [0.15, 0.2) is 10.9 Å². The molecule has 0 aliphatic carbocycles. The number of hydrogen-bond donors (Lipinski definition) is 0. The van der Waals surface area contributed by atoms with Crippen LogP contribution in [0.1, 0.15) is 23.3 Å². The lowest BCUT2D eigenvalue weighted by Gasteiger charge is -2.40. The number of fused-ring (bicyclic) bond motifs is 1. The highest BCUT2D eigenvalue weighted by molar-refractivity contribution is 8.00. The number of likely N-dealkylation sites (N-methyl/N-ethyl adjacent to an activating group) is 1. The SMILES string of the molecule is CCN1CCN(C(c2ccc([N+](=O)[O-])cc2)C2Sc3nc(-c4ccco4)nn3C2=O)CC1. The molecule has 3 aromatic rings. The van der Waals surface area contributed by atoms with E-state index in [1.165, 1.54) is 28.6 Å². The van der Waals surface area contributed by atoms with Crippen molar-refractivity contribution in [2.45, 2.75) is 23.4 Å². The van der Waals surface area contributed by atoms with Gasteiger partial charge in [-0.15, -0.1) is 5.10 Å². The van der Waals surface area contributed by atoms with Crippen LogP contribution in [-0.4, -0.2) is 73.4 Å². The molecule has 0 amide bonds. The van der Waals surface area contributed by atoms with Crippen LogP contribution in [0, 0.1) is 10.1 Å². The first kappa shape index (κ1) is 20.9. The summed E-state index contributed by atoms with van der Waals surface area (Å²) in [6.45, 7) is 6.58. The van der Waals surface area contributed by atoms with E-state index in [1.807, 2.05) is 0 Å². The van der Waals surface area contributed by atoms with Crippen LogP contribution in [0.15, 0.2) is 52.2 Å². The first-order valence-corrected chi connectivity index (χ1v) is 11.4. The lowest BCUT2D eigenvalue weighted by atomic mass is 9.99. The summed E-state index contributed by atoms with van der Waals surface area (Å²) in [5, 5.41) is 15.6. The maximum atomic E-state index is 13.4. The van der Waals surface area contributed by atoms with Gasteiger partial charge in [-0.1, -0.05) is 30.8 Å². The van der Waals surface area contributed by atoms with Crippen molar-refractivity contribution >= 4 is 23.4 Å². The fourth-order valence-electron chi connectivity index (χ4n) is 4.24. The van der Waals surface area contributed by atoms with E-state index >= 15 is 0 Å². The van der Waals surface area contributed by atoms with E-state index in [-0.39, 0.29) is 17.6 Å². The van der Waals surface area contributed by atoms with Crippen molar-refractivity contribution in [2.75, 3.05) is 32.7 Å². The van der Waals surface area contributed by atoms with Crippen LogP contribution in [0.25, 0.3) is 11.6 Å². The van der Waals surface area contributed by atoms with E-state index in [1.54, 1.807) is 30.5 Å². The molecule has 0 saturated carbocycles. The molecule has 11 heteroatoms. The second-order valence-electron chi connectivity index (χ2n) is 7.75. The molecule has 5 rings (SSSR count). The number of piperazine rings is 1. The molecule has 0 radical (unpaired) electrons. The lowest BCUT2D eigenvalue weighted by Crippen LogP contribution is -2.50. The first-order valence-electron chi connectivity index (χ1n) is 10.5. The van der Waals surface area contributed by atoms with Crippen LogP contribution in [0.2, 0.25) is 0 Å². The van der Waals surface area contributed by atoms with Crippen molar-refractivity contribution in [3.05, 3.63) is 58.3 Å². The van der Waals surface area contributed by atoms with Gasteiger partial charge in [-0.2, -0.15) is 9.67 Å². The minimum atomic E-state index is -0.440. The Labute approximate surface area is 188 Å². The number of carbonyl (C=O) groups excluding carboxylic acids is 1. The first-order chi connectivity index (χ1) is 15.5. The van der Waals surface area contributed by atoms with Crippen molar-refractivity contribution in [2.24, 2.45) is 0 Å². The zero-order valence-corrected chi connectivity index (χ0v) is 18.3. The summed E-state index contributed by atoms with van der Waals surface area (Å²) in [6.07, 6.45) is 1.54. The molecule has 2 unspecified atom stereocenters. The molecule has 2 aliphatic heterocycles. The molecule has 0 bridgehead atoms. The Morgan fingerprint density at radius 1 is 1.22 bits per heavy atom. The number of hydrogen-bond acceptors (Lipinski definition) is 9. The second kappa shape index (κ2) is 8.49. The van der Waals surface area contributed by atoms with Crippen LogP contribution >= 0.6 is 11.8 Å². The predicted octanol–water partition coefficient (Wildman–Crippen LogP) is 2.94. The van der Waals surface area contributed by atoms with Crippen molar-refractivity contribution in [3.63, 3.8) is 0 Å². The molecule has 166 valence electrons. The minimum Gasteiger partial charge on any atom is -0.461 e. The van der Waals surface area contributed by atoms with E-state index in [0.29, 0.717) is 16.7 Å². The zero-order valence-electron chi connectivity index (χ0n) is 17.5. The molecule has 2 atom stereocenters. The normalized spacial score (nSPS) is 20.4. The smallest absolute Gasteiger partial charge is 0.269 e. The van der Waals surface area contributed by atoms with E-state index < -0.39 is 10.2 Å². The number of rotatable bonds is 6. The largest absolute Gasteiger partial charge is 0.461 e. The molecule has 1 fully saturated rings. The van der Waals surface area contributed by atoms with E-state index in [0.717, 1.165) is 38.3 Å². The molecular formula is C21H22N6O4S. The number of aromatic nitrogens is 3. The quantitative estimate of drug-likeness (QED) is 0.410. The monoisotopic (exact) mass is 454 g/mol. The van der Waals surface area contributed by atoms with Crippen molar-refractivity contribution in [1.82, 2.24) is 24.6 Å². The Kier molecular flexibility index (Phi) is 5.53. The summed E-state index contributed by atoms with van der Waals surface area (Å²) >= 11 is 1.39. The van der Waals surface area contributed by atoms with Gasteiger partial charge in [0.25, 0.3) is 11.6 Å². The Bertz CT molecular complexity index is 1120. The molecule has 2 aromatic heterocycles. The fourth-order valence-corrected chi connectivity index (χ4v) is 5.50. The summed E-state index contributed by atoms with van der Waals surface area (Å²) in [5.74, 6) is 0.754. The van der Waals surface area contributed by atoms with Crippen LogP contribution < -0.4 is 0 Å². The number of benzene rings is 1. The third-order valence-corrected chi connectivity index (χ3v) is 7.17. The summed E-state index contributed by atoms with van der Waals surface area (Å²) in [6, 6.07) is 9.78. The van der Waals surface area contributed by atoms with Gasteiger partial charge in [-0.05, 0) is 24.2 Å². The number of carbonyl (C=O) groups is 1. The average molecular weight is 455 g/mol. The Balaban J connectivity index is 1.45. The van der Waals surface area contributed by atoms with Crippen LogP contribution in [0.4, 0.5) is 5.69 Å². The summed E-state index contributed by atoms with van der Waals surface area (Å²) in [4.78, 5) is 33.3. The number of non-ortho nitro benzene ring substituents is 1. The van der Waals surface area contributed by atoms with Crippen molar-refractivity contribution < 1.29 is 14.1 Å². The molecule has 32 heavy (non-hydrogen) atoms. The topological polar surface area (TPSA) is 111 Å². The van der Waals surface area contributed by atoms with Gasteiger partial charge in [0, 0.05) is 38.3 Å². The number of thioether (sulfide) groups is 1. The maximum Gasteiger partial charge on any atom is 0.269 e. The Morgan fingerprint density at radius 3 is 2.56 bits per heavy atom. The summed E-state index contributed by atoms with van der Waals surface area (Å²) < 4.78 is 6.71. The Hall–Kier alpha value is -3.02. The molecule has 2 aliphatic rings. The molecule has 0 spiro atoms. The fraction of sp³-hybridized carbons (Fsp3) is 0.381. The Morgan fingerprint density at radius 2 is 1.97 bits per heavy atom. The van der Waals surface area contributed by atoms with Crippen molar-refractivity contribution in [1.29, 1.82) is 0 Å². The molecule has 4 heterocycles. The zero-order chi connectivity index (χ0) is 22.2.